The molecule has 1 aliphatic rings. The lowest BCUT2D eigenvalue weighted by molar-refractivity contribution is 0.0696. The highest BCUT2D eigenvalue weighted by atomic mass is 16.2. The van der Waals surface area contributed by atoms with Crippen LogP contribution in [0.2, 0.25) is 0 Å². The number of aryl methyl sites for hydroxylation is 2. The highest BCUT2D eigenvalue weighted by molar-refractivity contribution is 5.93. The summed E-state index contributed by atoms with van der Waals surface area (Å²) in [5, 5.41) is 3.24. The van der Waals surface area contributed by atoms with Crippen LogP contribution in [0.15, 0.2) is 30.6 Å². The number of hydrogen-bond donors (Lipinski definition) is 1. The molecule has 3 rings (SSSR count). The molecule has 24 heavy (non-hydrogen) atoms. The maximum atomic E-state index is 12.5. The second kappa shape index (κ2) is 6.99. The summed E-state index contributed by atoms with van der Waals surface area (Å²) in [7, 11) is 0. The van der Waals surface area contributed by atoms with Gasteiger partial charge < -0.3 is 10.2 Å². The molecule has 0 saturated carbocycles. The molecule has 126 valence electrons. The zero-order valence-corrected chi connectivity index (χ0v) is 14.5. The topological polar surface area (TPSA) is 58.1 Å². The van der Waals surface area contributed by atoms with E-state index >= 15 is 0 Å². The third-order valence-electron chi connectivity index (χ3n) is 4.69. The van der Waals surface area contributed by atoms with E-state index in [0.29, 0.717) is 17.4 Å². The molecule has 1 saturated heterocycles. The number of rotatable bonds is 3. The number of anilines is 2. The second-order valence-electron chi connectivity index (χ2n) is 6.66. The van der Waals surface area contributed by atoms with Gasteiger partial charge >= 0.3 is 0 Å². The molecule has 0 aliphatic carbocycles. The second-order valence-corrected chi connectivity index (χ2v) is 6.66. The van der Waals surface area contributed by atoms with Crippen molar-refractivity contribution < 1.29 is 4.79 Å². The lowest BCUT2D eigenvalue weighted by Crippen LogP contribution is -2.38. The highest BCUT2D eigenvalue weighted by Gasteiger charge is 2.21. The minimum Gasteiger partial charge on any atom is -0.339 e. The average molecular weight is 324 g/mol. The normalized spacial score (nSPS) is 15.4. The van der Waals surface area contributed by atoms with Gasteiger partial charge in [-0.25, -0.2) is 9.97 Å². The predicted octanol–water partition coefficient (Wildman–Crippen LogP) is 3.71. The number of nitrogens with zero attached hydrogens (tertiary/aromatic N) is 3. The van der Waals surface area contributed by atoms with Crippen LogP contribution in [0.25, 0.3) is 0 Å². The van der Waals surface area contributed by atoms with Crippen LogP contribution in [0.1, 0.15) is 41.3 Å². The summed E-state index contributed by atoms with van der Waals surface area (Å²) < 4.78 is 0. The Morgan fingerprint density at radius 3 is 2.29 bits per heavy atom. The SMILES string of the molecule is Cc1cccc(C)c1Nc1ncc(C(=O)N2CCC(C)CC2)cn1. The van der Waals surface area contributed by atoms with Gasteiger partial charge in [-0.05, 0) is 43.7 Å². The van der Waals surface area contributed by atoms with Gasteiger partial charge in [0.15, 0.2) is 0 Å². The molecule has 5 nitrogen and oxygen atoms in total. The largest absolute Gasteiger partial charge is 0.339 e. The molecule has 2 heterocycles. The summed E-state index contributed by atoms with van der Waals surface area (Å²) in [6.45, 7) is 7.97. The van der Waals surface area contributed by atoms with Gasteiger partial charge in [-0.15, -0.1) is 0 Å². The van der Waals surface area contributed by atoms with E-state index < -0.39 is 0 Å². The zero-order valence-electron chi connectivity index (χ0n) is 14.5. The number of benzene rings is 1. The number of nitrogens with one attached hydrogen (secondary N) is 1. The van der Waals surface area contributed by atoms with Gasteiger partial charge in [0.2, 0.25) is 5.95 Å². The van der Waals surface area contributed by atoms with Crippen LogP contribution in [-0.4, -0.2) is 33.9 Å². The van der Waals surface area contributed by atoms with E-state index in [9.17, 15) is 4.79 Å². The van der Waals surface area contributed by atoms with E-state index in [1.165, 1.54) is 0 Å². The first-order valence-electron chi connectivity index (χ1n) is 8.49. The monoisotopic (exact) mass is 324 g/mol. The van der Waals surface area contributed by atoms with Crippen LogP contribution < -0.4 is 5.32 Å². The van der Waals surface area contributed by atoms with Gasteiger partial charge in [-0.1, -0.05) is 25.1 Å². The van der Waals surface area contributed by atoms with Crippen molar-refractivity contribution in [3.8, 4) is 0 Å². The summed E-state index contributed by atoms with van der Waals surface area (Å²) in [6, 6.07) is 6.12. The lowest BCUT2D eigenvalue weighted by Gasteiger charge is -2.30. The predicted molar refractivity (Wildman–Crippen MR) is 95.5 cm³/mol. The molecule has 1 amide bonds. The number of carbonyl (C=O) groups is 1. The molecular formula is C19H24N4O. The quantitative estimate of drug-likeness (QED) is 0.935. The van der Waals surface area contributed by atoms with Crippen LogP contribution in [0.3, 0.4) is 0 Å². The van der Waals surface area contributed by atoms with Gasteiger partial charge in [0, 0.05) is 31.2 Å². The summed E-state index contributed by atoms with van der Waals surface area (Å²) in [4.78, 5) is 23.0. The molecule has 1 aromatic heterocycles. The fourth-order valence-electron chi connectivity index (χ4n) is 3.02. The van der Waals surface area contributed by atoms with E-state index in [2.05, 4.69) is 22.2 Å². The standard InChI is InChI=1S/C19H24N4O/c1-13-7-9-23(10-8-13)18(24)16-11-20-19(21-12-16)22-17-14(2)5-4-6-15(17)3/h4-6,11-13H,7-10H2,1-3H3,(H,20,21,22). The Morgan fingerprint density at radius 2 is 1.71 bits per heavy atom. The third kappa shape index (κ3) is 3.55. The number of likely N-dealkylation sites (tertiary alicyclic amines) is 1. The van der Waals surface area contributed by atoms with Crippen molar-refractivity contribution in [1.82, 2.24) is 14.9 Å². The summed E-state index contributed by atoms with van der Waals surface area (Å²) in [5.41, 5.74) is 3.85. The van der Waals surface area contributed by atoms with E-state index in [1.54, 1.807) is 12.4 Å². The summed E-state index contributed by atoms with van der Waals surface area (Å²) >= 11 is 0. The Balaban J connectivity index is 1.70. The first-order valence-corrected chi connectivity index (χ1v) is 8.49. The van der Waals surface area contributed by atoms with Gasteiger partial charge in [0.25, 0.3) is 5.91 Å². The number of carbonyl (C=O) groups excluding carboxylic acids is 1. The van der Waals surface area contributed by atoms with Crippen LogP contribution in [0.5, 0.6) is 0 Å². The van der Waals surface area contributed by atoms with Crippen molar-refractivity contribution in [1.29, 1.82) is 0 Å². The van der Waals surface area contributed by atoms with Crippen LogP contribution in [-0.2, 0) is 0 Å². The molecule has 1 aliphatic heterocycles. The molecule has 0 spiro atoms. The smallest absolute Gasteiger partial charge is 0.256 e. The molecule has 0 atom stereocenters. The minimum atomic E-state index is 0.0283. The van der Waals surface area contributed by atoms with Crippen molar-refractivity contribution in [2.75, 3.05) is 18.4 Å². The van der Waals surface area contributed by atoms with E-state index in [4.69, 9.17) is 0 Å². The Labute approximate surface area is 143 Å². The first-order chi connectivity index (χ1) is 11.5. The van der Waals surface area contributed by atoms with Gasteiger partial charge in [0.1, 0.15) is 0 Å². The first kappa shape index (κ1) is 16.4. The number of hydrogen-bond acceptors (Lipinski definition) is 4. The molecule has 1 fully saturated rings. The fourth-order valence-corrected chi connectivity index (χ4v) is 3.02. The Bertz CT molecular complexity index is 698. The summed E-state index contributed by atoms with van der Waals surface area (Å²) in [5.74, 6) is 1.24. The van der Waals surface area contributed by atoms with Gasteiger partial charge in [0.05, 0.1) is 5.56 Å². The van der Waals surface area contributed by atoms with E-state index in [-0.39, 0.29) is 5.91 Å². The summed E-state index contributed by atoms with van der Waals surface area (Å²) in [6.07, 6.45) is 5.37. The Morgan fingerprint density at radius 1 is 1.12 bits per heavy atom. The van der Waals surface area contributed by atoms with Crippen molar-refractivity contribution >= 4 is 17.5 Å². The molecule has 1 aromatic carbocycles. The number of piperidine rings is 1. The molecular weight excluding hydrogens is 300 g/mol. The van der Waals surface area contributed by atoms with Gasteiger partial charge in [-0.3, -0.25) is 4.79 Å². The maximum absolute atomic E-state index is 12.5. The molecule has 2 aromatic rings. The van der Waals surface area contributed by atoms with Crippen LogP contribution in [0.4, 0.5) is 11.6 Å². The van der Waals surface area contributed by atoms with E-state index in [1.807, 2.05) is 36.9 Å². The fraction of sp³-hybridized carbons (Fsp3) is 0.421. The molecule has 0 unspecified atom stereocenters. The van der Waals surface area contributed by atoms with E-state index in [0.717, 1.165) is 42.7 Å². The molecule has 0 radical (unpaired) electrons. The van der Waals surface area contributed by atoms with Crippen molar-refractivity contribution in [2.45, 2.75) is 33.6 Å². The number of para-hydroxylation sites is 1. The van der Waals surface area contributed by atoms with Crippen molar-refractivity contribution in [2.24, 2.45) is 5.92 Å². The molecule has 5 heteroatoms. The zero-order chi connectivity index (χ0) is 17.1. The van der Waals surface area contributed by atoms with Crippen LogP contribution in [0, 0.1) is 19.8 Å². The minimum absolute atomic E-state index is 0.0283. The Kier molecular flexibility index (Phi) is 4.79. The van der Waals surface area contributed by atoms with Crippen LogP contribution >= 0.6 is 0 Å². The third-order valence-corrected chi connectivity index (χ3v) is 4.69. The van der Waals surface area contributed by atoms with Crippen molar-refractivity contribution in [3.05, 3.63) is 47.3 Å². The van der Waals surface area contributed by atoms with Gasteiger partial charge in [-0.2, -0.15) is 0 Å². The lowest BCUT2D eigenvalue weighted by atomic mass is 9.99. The maximum Gasteiger partial charge on any atom is 0.256 e. The number of aromatic nitrogens is 2. The van der Waals surface area contributed by atoms with Crippen molar-refractivity contribution in [3.63, 3.8) is 0 Å². The molecule has 0 bridgehead atoms. The highest BCUT2D eigenvalue weighted by Crippen LogP contribution is 2.22. The Hall–Kier alpha value is -2.43. The molecule has 1 N–H and O–H groups in total. The number of amides is 1. The average Bonchev–Trinajstić information content (AvgIpc) is 2.59.